The van der Waals surface area contributed by atoms with Gasteiger partial charge in [-0.1, -0.05) is 11.6 Å². The van der Waals surface area contributed by atoms with Gasteiger partial charge in [0, 0.05) is 19.6 Å². The molecule has 1 unspecified atom stereocenters. The van der Waals surface area contributed by atoms with E-state index in [1.54, 1.807) is 12.3 Å². The molecule has 6 heteroatoms. The molecule has 0 saturated carbocycles. The van der Waals surface area contributed by atoms with E-state index in [0.717, 1.165) is 19.7 Å². The van der Waals surface area contributed by atoms with E-state index >= 15 is 0 Å². The second kappa shape index (κ2) is 5.53. The first-order chi connectivity index (χ1) is 8.15. The van der Waals surface area contributed by atoms with Crippen LogP contribution >= 0.6 is 11.6 Å². The van der Waals surface area contributed by atoms with E-state index in [4.69, 9.17) is 22.1 Å². The molecule has 1 atom stereocenters. The minimum absolute atomic E-state index is 0.171. The zero-order valence-electron chi connectivity index (χ0n) is 9.82. The number of nitrogens with one attached hydrogen (secondary N) is 1. The molecule has 1 aliphatic heterocycles. The van der Waals surface area contributed by atoms with Gasteiger partial charge in [0.25, 0.3) is 0 Å². The molecule has 0 amide bonds. The number of hydrogen-bond donors (Lipinski definition) is 2. The maximum Gasteiger partial charge on any atom is 0.145 e. The lowest BCUT2D eigenvalue weighted by molar-refractivity contribution is -0.0117. The summed E-state index contributed by atoms with van der Waals surface area (Å²) in [5, 5.41) is 3.72. The van der Waals surface area contributed by atoms with Crippen LogP contribution in [0.25, 0.3) is 0 Å². The van der Waals surface area contributed by atoms with Crippen molar-refractivity contribution in [2.45, 2.75) is 6.10 Å². The molecular formula is C11H17ClN4O. The molecule has 2 rings (SSSR count). The molecule has 0 aliphatic carbocycles. The van der Waals surface area contributed by atoms with E-state index in [9.17, 15) is 0 Å². The highest BCUT2D eigenvalue weighted by molar-refractivity contribution is 6.33. The number of rotatable bonds is 3. The van der Waals surface area contributed by atoms with Gasteiger partial charge in [-0.3, -0.25) is 0 Å². The molecule has 0 aromatic carbocycles. The van der Waals surface area contributed by atoms with Crippen LogP contribution in [0.4, 0.5) is 11.5 Å². The fourth-order valence-corrected chi connectivity index (χ4v) is 2.03. The standard InChI is InChI=1S/C11H17ClN4O/c1-16-2-3-17-9(7-16)6-15-11-10(12)4-8(13)5-14-11/h4-5,9H,2-3,6-7,13H2,1H3,(H,14,15). The fraction of sp³-hybridized carbons (Fsp3) is 0.545. The van der Waals surface area contributed by atoms with Crippen molar-refractivity contribution in [2.24, 2.45) is 0 Å². The first kappa shape index (κ1) is 12.4. The Morgan fingerprint density at radius 2 is 2.53 bits per heavy atom. The van der Waals surface area contributed by atoms with Gasteiger partial charge in [0.1, 0.15) is 5.82 Å². The summed E-state index contributed by atoms with van der Waals surface area (Å²) < 4.78 is 5.63. The number of morpholine rings is 1. The van der Waals surface area contributed by atoms with Crippen LogP contribution < -0.4 is 11.1 Å². The average molecular weight is 257 g/mol. The van der Waals surface area contributed by atoms with Gasteiger partial charge >= 0.3 is 0 Å². The highest BCUT2D eigenvalue weighted by Crippen LogP contribution is 2.21. The summed E-state index contributed by atoms with van der Waals surface area (Å²) in [5.41, 5.74) is 6.14. The third-order valence-electron chi connectivity index (χ3n) is 2.70. The molecule has 1 aromatic heterocycles. The summed E-state index contributed by atoms with van der Waals surface area (Å²) in [6.45, 7) is 3.36. The lowest BCUT2D eigenvalue weighted by Gasteiger charge is -2.30. The van der Waals surface area contributed by atoms with E-state index in [0.29, 0.717) is 23.1 Å². The molecule has 1 fully saturated rings. The largest absolute Gasteiger partial charge is 0.397 e. The molecule has 3 N–H and O–H groups in total. The normalized spacial score (nSPS) is 21.4. The Kier molecular flexibility index (Phi) is 4.04. The Hall–Kier alpha value is -1.04. The zero-order valence-corrected chi connectivity index (χ0v) is 10.6. The third kappa shape index (κ3) is 3.46. The SMILES string of the molecule is CN1CCOC(CNc2ncc(N)cc2Cl)C1. The van der Waals surface area contributed by atoms with Gasteiger partial charge < -0.3 is 20.7 Å². The Bertz CT molecular complexity index is 388. The fourth-order valence-electron chi connectivity index (χ4n) is 1.78. The van der Waals surface area contributed by atoms with Crippen molar-refractivity contribution in [1.29, 1.82) is 0 Å². The van der Waals surface area contributed by atoms with E-state index in [-0.39, 0.29) is 6.10 Å². The van der Waals surface area contributed by atoms with Crippen LogP contribution in [0.5, 0.6) is 0 Å². The number of anilines is 2. The predicted molar refractivity (Wildman–Crippen MR) is 69.4 cm³/mol. The van der Waals surface area contributed by atoms with Crippen LogP contribution in [-0.4, -0.2) is 49.3 Å². The first-order valence-electron chi connectivity index (χ1n) is 5.60. The summed E-state index contributed by atoms with van der Waals surface area (Å²) in [6, 6.07) is 1.69. The number of ether oxygens (including phenoxy) is 1. The van der Waals surface area contributed by atoms with Crippen LogP contribution in [0.15, 0.2) is 12.3 Å². The second-order valence-corrected chi connectivity index (χ2v) is 4.64. The molecule has 2 heterocycles. The van der Waals surface area contributed by atoms with Crippen molar-refractivity contribution in [3.63, 3.8) is 0 Å². The van der Waals surface area contributed by atoms with E-state index in [2.05, 4.69) is 22.2 Å². The van der Waals surface area contributed by atoms with Gasteiger partial charge in [0.2, 0.25) is 0 Å². The molecule has 1 aliphatic rings. The summed E-state index contributed by atoms with van der Waals surface area (Å²) >= 11 is 6.02. The summed E-state index contributed by atoms with van der Waals surface area (Å²) in [4.78, 5) is 6.39. The number of pyridine rings is 1. The van der Waals surface area contributed by atoms with Crippen molar-refractivity contribution in [2.75, 3.05) is 44.3 Å². The zero-order chi connectivity index (χ0) is 12.3. The van der Waals surface area contributed by atoms with Gasteiger partial charge in [0.15, 0.2) is 0 Å². The number of halogens is 1. The van der Waals surface area contributed by atoms with E-state index in [1.807, 2.05) is 0 Å². The third-order valence-corrected chi connectivity index (χ3v) is 2.99. The van der Waals surface area contributed by atoms with Crippen molar-refractivity contribution in [3.05, 3.63) is 17.3 Å². The van der Waals surface area contributed by atoms with Crippen molar-refractivity contribution in [3.8, 4) is 0 Å². The van der Waals surface area contributed by atoms with Crippen LogP contribution in [-0.2, 0) is 4.74 Å². The van der Waals surface area contributed by atoms with Crippen molar-refractivity contribution < 1.29 is 4.74 Å². The molecule has 1 aromatic rings. The van der Waals surface area contributed by atoms with Crippen LogP contribution in [0.1, 0.15) is 0 Å². The van der Waals surface area contributed by atoms with Crippen molar-refractivity contribution >= 4 is 23.1 Å². The minimum Gasteiger partial charge on any atom is -0.397 e. The van der Waals surface area contributed by atoms with Crippen LogP contribution in [0, 0.1) is 0 Å². The smallest absolute Gasteiger partial charge is 0.145 e. The Labute approximate surface area is 106 Å². The predicted octanol–water partition coefficient (Wildman–Crippen LogP) is 1.06. The number of nitrogens with two attached hydrogens (primary N) is 1. The van der Waals surface area contributed by atoms with Gasteiger partial charge in [-0.25, -0.2) is 4.98 Å². The number of nitrogens with zero attached hydrogens (tertiary/aromatic N) is 2. The first-order valence-corrected chi connectivity index (χ1v) is 5.98. The Balaban J connectivity index is 1.88. The maximum absolute atomic E-state index is 6.02. The highest BCUT2D eigenvalue weighted by Gasteiger charge is 2.17. The number of likely N-dealkylation sites (N-methyl/N-ethyl adjacent to an activating group) is 1. The van der Waals surface area contributed by atoms with Crippen LogP contribution in [0.3, 0.4) is 0 Å². The molecule has 0 bridgehead atoms. The van der Waals surface area contributed by atoms with E-state index in [1.165, 1.54) is 0 Å². The summed E-state index contributed by atoms with van der Waals surface area (Å²) in [5.74, 6) is 0.651. The Morgan fingerprint density at radius 3 is 3.24 bits per heavy atom. The van der Waals surface area contributed by atoms with Gasteiger partial charge in [-0.2, -0.15) is 0 Å². The Morgan fingerprint density at radius 1 is 1.71 bits per heavy atom. The van der Waals surface area contributed by atoms with Gasteiger partial charge in [0.05, 0.1) is 29.6 Å². The topological polar surface area (TPSA) is 63.4 Å². The number of hydrogen-bond acceptors (Lipinski definition) is 5. The molecule has 0 spiro atoms. The van der Waals surface area contributed by atoms with E-state index < -0.39 is 0 Å². The average Bonchev–Trinajstić information content (AvgIpc) is 2.28. The highest BCUT2D eigenvalue weighted by atomic mass is 35.5. The minimum atomic E-state index is 0.171. The molecule has 17 heavy (non-hydrogen) atoms. The molecule has 1 saturated heterocycles. The summed E-state index contributed by atoms with van der Waals surface area (Å²) in [7, 11) is 2.09. The van der Waals surface area contributed by atoms with Gasteiger partial charge in [-0.05, 0) is 13.1 Å². The molecule has 94 valence electrons. The number of nitrogen functional groups attached to an aromatic ring is 1. The molecule has 5 nitrogen and oxygen atoms in total. The van der Waals surface area contributed by atoms with Crippen molar-refractivity contribution in [1.82, 2.24) is 9.88 Å². The number of aromatic nitrogens is 1. The monoisotopic (exact) mass is 256 g/mol. The lowest BCUT2D eigenvalue weighted by atomic mass is 10.3. The molecular weight excluding hydrogens is 240 g/mol. The summed E-state index contributed by atoms with van der Waals surface area (Å²) in [6.07, 6.45) is 1.76. The second-order valence-electron chi connectivity index (χ2n) is 4.24. The van der Waals surface area contributed by atoms with Gasteiger partial charge in [-0.15, -0.1) is 0 Å². The van der Waals surface area contributed by atoms with Crippen LogP contribution in [0.2, 0.25) is 5.02 Å². The molecule has 0 radical (unpaired) electrons. The quantitative estimate of drug-likeness (QED) is 0.847. The lowest BCUT2D eigenvalue weighted by Crippen LogP contribution is -2.43. The maximum atomic E-state index is 6.02.